The van der Waals surface area contributed by atoms with Gasteiger partial charge in [0.1, 0.15) is 12.0 Å². The van der Waals surface area contributed by atoms with Crippen molar-refractivity contribution in [3.8, 4) is 0 Å². The summed E-state index contributed by atoms with van der Waals surface area (Å²) in [5.41, 5.74) is 4.08. The van der Waals surface area contributed by atoms with Gasteiger partial charge in [-0.3, -0.25) is 14.5 Å². The number of carbonyl (C=O) groups excluding carboxylic acids is 2. The smallest absolute Gasteiger partial charge is 0.261 e. The van der Waals surface area contributed by atoms with E-state index in [2.05, 4.69) is 10.3 Å². The van der Waals surface area contributed by atoms with Crippen LogP contribution in [0.2, 0.25) is 0 Å². The SMILES string of the molecule is CC(=O)c1ccc(N[C@@H]2c3ccccc3C(=O)N2c2ccc(C)cn2)cc1. The van der Waals surface area contributed by atoms with E-state index in [0.29, 0.717) is 16.9 Å². The number of anilines is 2. The molecule has 4 rings (SSSR count). The largest absolute Gasteiger partial charge is 0.361 e. The van der Waals surface area contributed by atoms with Crippen LogP contribution < -0.4 is 10.2 Å². The summed E-state index contributed by atoms with van der Waals surface area (Å²) in [5, 5.41) is 3.41. The van der Waals surface area contributed by atoms with Crippen molar-refractivity contribution in [2.24, 2.45) is 0 Å². The number of Topliss-reactive ketones (excluding diaryl/α,β-unsaturated/α-hetero) is 1. The molecule has 2 heterocycles. The highest BCUT2D eigenvalue weighted by molar-refractivity contribution is 6.11. The highest BCUT2D eigenvalue weighted by atomic mass is 16.2. The molecule has 1 aromatic heterocycles. The molecule has 1 aliphatic rings. The van der Waals surface area contributed by atoms with Crippen molar-refractivity contribution in [1.29, 1.82) is 0 Å². The van der Waals surface area contributed by atoms with Crippen molar-refractivity contribution in [3.63, 3.8) is 0 Å². The van der Waals surface area contributed by atoms with Crippen LogP contribution in [0.4, 0.5) is 11.5 Å². The van der Waals surface area contributed by atoms with Gasteiger partial charge < -0.3 is 5.32 Å². The van der Waals surface area contributed by atoms with Crippen molar-refractivity contribution in [2.75, 3.05) is 10.2 Å². The Hall–Kier alpha value is -3.47. The van der Waals surface area contributed by atoms with Crippen LogP contribution in [0.15, 0.2) is 66.9 Å². The number of fused-ring (bicyclic) bond motifs is 1. The molecule has 1 N–H and O–H groups in total. The molecule has 0 saturated carbocycles. The number of rotatable bonds is 4. The van der Waals surface area contributed by atoms with Gasteiger partial charge in [-0.1, -0.05) is 24.3 Å². The Labute approximate surface area is 157 Å². The molecule has 27 heavy (non-hydrogen) atoms. The second-order valence-corrected chi connectivity index (χ2v) is 6.64. The van der Waals surface area contributed by atoms with E-state index in [4.69, 9.17) is 0 Å². The van der Waals surface area contributed by atoms with Crippen molar-refractivity contribution < 1.29 is 9.59 Å². The van der Waals surface area contributed by atoms with Gasteiger partial charge in [-0.25, -0.2) is 4.98 Å². The van der Waals surface area contributed by atoms with Gasteiger partial charge in [0.2, 0.25) is 0 Å². The first-order valence-electron chi connectivity index (χ1n) is 8.77. The van der Waals surface area contributed by atoms with E-state index in [1.54, 1.807) is 30.2 Å². The Morgan fingerprint density at radius 2 is 1.78 bits per heavy atom. The molecule has 5 nitrogen and oxygen atoms in total. The lowest BCUT2D eigenvalue weighted by Gasteiger charge is -2.26. The molecule has 5 heteroatoms. The highest BCUT2D eigenvalue weighted by Crippen LogP contribution is 2.37. The van der Waals surface area contributed by atoms with Crippen molar-refractivity contribution in [1.82, 2.24) is 4.98 Å². The Bertz CT molecular complexity index is 1010. The summed E-state index contributed by atoms with van der Waals surface area (Å²) in [6.45, 7) is 3.50. The molecular formula is C22H19N3O2. The number of aromatic nitrogens is 1. The third-order valence-corrected chi connectivity index (χ3v) is 4.70. The van der Waals surface area contributed by atoms with E-state index < -0.39 is 0 Å². The number of benzene rings is 2. The maximum atomic E-state index is 13.0. The summed E-state index contributed by atoms with van der Waals surface area (Å²) in [4.78, 5) is 30.6. The number of carbonyl (C=O) groups is 2. The third kappa shape index (κ3) is 3.08. The number of hydrogen-bond acceptors (Lipinski definition) is 4. The van der Waals surface area contributed by atoms with Gasteiger partial charge in [-0.15, -0.1) is 0 Å². The van der Waals surface area contributed by atoms with Crippen molar-refractivity contribution in [2.45, 2.75) is 20.0 Å². The molecule has 0 radical (unpaired) electrons. The lowest BCUT2D eigenvalue weighted by Crippen LogP contribution is -2.32. The van der Waals surface area contributed by atoms with Crippen molar-refractivity contribution >= 4 is 23.2 Å². The average Bonchev–Trinajstić information content (AvgIpc) is 2.95. The Balaban J connectivity index is 1.73. The molecule has 1 aliphatic heterocycles. The van der Waals surface area contributed by atoms with Crippen LogP contribution in [-0.4, -0.2) is 16.7 Å². The van der Waals surface area contributed by atoms with Crippen LogP contribution >= 0.6 is 0 Å². The standard InChI is InChI=1S/C22H19N3O2/c1-14-7-12-20(23-13-14)25-21(18-5-3-4-6-19(18)22(25)27)24-17-10-8-16(9-11-17)15(2)26/h3-13,21,24H,1-2H3/t21-/m0/s1. The van der Waals surface area contributed by atoms with Gasteiger partial charge in [-0.05, 0) is 55.8 Å². The number of nitrogens with one attached hydrogen (secondary N) is 1. The predicted octanol–water partition coefficient (Wildman–Crippen LogP) is 4.36. The van der Waals surface area contributed by atoms with E-state index in [9.17, 15) is 9.59 Å². The zero-order valence-electron chi connectivity index (χ0n) is 15.1. The Morgan fingerprint density at radius 1 is 1.04 bits per heavy atom. The summed E-state index contributed by atoms with van der Waals surface area (Å²) in [6.07, 6.45) is 1.39. The first-order chi connectivity index (χ1) is 13.0. The molecule has 3 aromatic rings. The molecule has 0 bridgehead atoms. The lowest BCUT2D eigenvalue weighted by molar-refractivity contribution is 0.0989. The minimum absolute atomic E-state index is 0.0217. The lowest BCUT2D eigenvalue weighted by atomic mass is 10.1. The fourth-order valence-electron chi connectivity index (χ4n) is 3.26. The summed E-state index contributed by atoms with van der Waals surface area (Å²) >= 11 is 0. The van der Waals surface area contributed by atoms with Gasteiger partial charge in [-0.2, -0.15) is 0 Å². The van der Waals surface area contributed by atoms with Crippen LogP contribution in [0.1, 0.15) is 44.9 Å². The first-order valence-corrected chi connectivity index (χ1v) is 8.77. The number of amides is 1. The monoisotopic (exact) mass is 357 g/mol. The number of ketones is 1. The van der Waals surface area contributed by atoms with Crippen LogP contribution in [0.3, 0.4) is 0 Å². The van der Waals surface area contributed by atoms with Crippen LogP contribution in [0.25, 0.3) is 0 Å². The molecule has 0 fully saturated rings. The zero-order valence-corrected chi connectivity index (χ0v) is 15.1. The maximum absolute atomic E-state index is 13.0. The maximum Gasteiger partial charge on any atom is 0.261 e. The molecule has 1 atom stereocenters. The average molecular weight is 357 g/mol. The van der Waals surface area contributed by atoms with Gasteiger partial charge >= 0.3 is 0 Å². The fourth-order valence-corrected chi connectivity index (χ4v) is 3.26. The molecule has 1 amide bonds. The Kier molecular flexibility index (Phi) is 4.20. The summed E-state index contributed by atoms with van der Waals surface area (Å²) in [5.74, 6) is 0.535. The molecule has 0 saturated heterocycles. The highest BCUT2D eigenvalue weighted by Gasteiger charge is 2.38. The number of hydrogen-bond donors (Lipinski definition) is 1. The van der Waals surface area contributed by atoms with Gasteiger partial charge in [0.05, 0.1) is 0 Å². The van der Waals surface area contributed by atoms with E-state index in [0.717, 1.165) is 16.8 Å². The van der Waals surface area contributed by atoms with E-state index in [-0.39, 0.29) is 17.9 Å². The summed E-state index contributed by atoms with van der Waals surface area (Å²) in [6, 6.07) is 18.6. The van der Waals surface area contributed by atoms with Crippen LogP contribution in [0.5, 0.6) is 0 Å². The molecule has 2 aromatic carbocycles. The minimum atomic E-state index is -0.368. The molecule has 0 spiro atoms. The van der Waals surface area contributed by atoms with E-state index in [1.807, 2.05) is 55.5 Å². The number of nitrogens with zero attached hydrogens (tertiary/aromatic N) is 2. The van der Waals surface area contributed by atoms with Gasteiger partial charge in [0.25, 0.3) is 5.91 Å². The molecular weight excluding hydrogens is 338 g/mol. The first kappa shape index (κ1) is 17.0. The Morgan fingerprint density at radius 3 is 2.44 bits per heavy atom. The molecule has 134 valence electrons. The van der Waals surface area contributed by atoms with Crippen LogP contribution in [-0.2, 0) is 0 Å². The topological polar surface area (TPSA) is 62.3 Å². The zero-order chi connectivity index (χ0) is 19.0. The second-order valence-electron chi connectivity index (χ2n) is 6.64. The van der Waals surface area contributed by atoms with E-state index >= 15 is 0 Å². The quantitative estimate of drug-likeness (QED) is 0.705. The summed E-state index contributed by atoms with van der Waals surface area (Å²) in [7, 11) is 0. The molecule has 0 aliphatic carbocycles. The van der Waals surface area contributed by atoms with E-state index in [1.165, 1.54) is 0 Å². The fraction of sp³-hybridized carbons (Fsp3) is 0.136. The van der Waals surface area contributed by atoms with Gasteiger partial charge in [0, 0.05) is 28.6 Å². The third-order valence-electron chi connectivity index (χ3n) is 4.70. The van der Waals surface area contributed by atoms with Gasteiger partial charge in [0.15, 0.2) is 5.78 Å². The molecule has 0 unspecified atom stereocenters. The number of pyridine rings is 1. The predicted molar refractivity (Wildman–Crippen MR) is 105 cm³/mol. The van der Waals surface area contributed by atoms with Crippen LogP contribution in [0, 0.1) is 6.92 Å². The van der Waals surface area contributed by atoms with Crippen molar-refractivity contribution in [3.05, 3.63) is 89.1 Å². The normalized spacial score (nSPS) is 15.6. The minimum Gasteiger partial charge on any atom is -0.361 e. The summed E-state index contributed by atoms with van der Waals surface area (Å²) < 4.78 is 0. The number of aryl methyl sites for hydroxylation is 1. The second kappa shape index (κ2) is 6.68.